The summed E-state index contributed by atoms with van der Waals surface area (Å²) in [6.45, 7) is 12.7. The largest absolute Gasteiger partial charge is 0.494 e. The normalized spacial score (nSPS) is 10.9. The quantitative estimate of drug-likeness (QED) is 0.658. The molecule has 3 heteroatoms. The number of hydrogen-bond donors (Lipinski definition) is 1. The van der Waals surface area contributed by atoms with E-state index in [-0.39, 0.29) is 0 Å². The van der Waals surface area contributed by atoms with Gasteiger partial charge in [0.05, 0.1) is 6.61 Å². The van der Waals surface area contributed by atoms with Crippen LogP contribution in [0, 0.1) is 0 Å². The third-order valence-corrected chi connectivity index (χ3v) is 3.22. The molecule has 108 valence electrons. The number of nitrogens with one attached hydrogen (secondary N) is 1. The highest BCUT2D eigenvalue weighted by Crippen LogP contribution is 2.12. The van der Waals surface area contributed by atoms with E-state index in [2.05, 4.69) is 55.3 Å². The van der Waals surface area contributed by atoms with E-state index in [0.29, 0.717) is 0 Å². The van der Waals surface area contributed by atoms with Crippen molar-refractivity contribution in [2.24, 2.45) is 0 Å². The van der Waals surface area contributed by atoms with Crippen molar-refractivity contribution in [1.29, 1.82) is 0 Å². The first-order valence-electron chi connectivity index (χ1n) is 7.44. The molecule has 0 unspecified atom stereocenters. The second-order valence-electron chi connectivity index (χ2n) is 4.70. The molecule has 0 aromatic heterocycles. The maximum Gasteiger partial charge on any atom is 0.119 e. The maximum atomic E-state index is 5.57. The van der Waals surface area contributed by atoms with Crippen LogP contribution in [0.3, 0.4) is 0 Å². The van der Waals surface area contributed by atoms with Gasteiger partial charge in [-0.05, 0) is 37.2 Å². The van der Waals surface area contributed by atoms with Gasteiger partial charge in [-0.1, -0.05) is 32.9 Å². The Hall–Kier alpha value is -1.06. The SMILES string of the molecule is CCCOc1ccc(CNCCN(CC)CC)cc1. The van der Waals surface area contributed by atoms with Gasteiger partial charge in [-0.2, -0.15) is 0 Å². The third kappa shape index (κ3) is 6.60. The molecule has 3 nitrogen and oxygen atoms in total. The summed E-state index contributed by atoms with van der Waals surface area (Å²) in [6.07, 6.45) is 1.05. The highest BCUT2D eigenvalue weighted by Gasteiger charge is 1.98. The second-order valence-corrected chi connectivity index (χ2v) is 4.70. The fourth-order valence-corrected chi connectivity index (χ4v) is 1.93. The predicted molar refractivity (Wildman–Crippen MR) is 81.7 cm³/mol. The highest BCUT2D eigenvalue weighted by molar-refractivity contribution is 5.27. The van der Waals surface area contributed by atoms with Crippen LogP contribution in [0.4, 0.5) is 0 Å². The lowest BCUT2D eigenvalue weighted by molar-refractivity contribution is 0.302. The lowest BCUT2D eigenvalue weighted by Gasteiger charge is -2.18. The van der Waals surface area contributed by atoms with E-state index in [1.807, 2.05) is 0 Å². The zero-order chi connectivity index (χ0) is 13.9. The topological polar surface area (TPSA) is 24.5 Å². The zero-order valence-corrected chi connectivity index (χ0v) is 12.6. The van der Waals surface area contributed by atoms with Crippen molar-refractivity contribution in [3.8, 4) is 5.75 Å². The average Bonchev–Trinajstić information content (AvgIpc) is 2.46. The molecule has 0 spiro atoms. The summed E-state index contributed by atoms with van der Waals surface area (Å²) in [4.78, 5) is 2.43. The van der Waals surface area contributed by atoms with E-state index < -0.39 is 0 Å². The van der Waals surface area contributed by atoms with Crippen molar-refractivity contribution in [2.75, 3.05) is 32.8 Å². The van der Waals surface area contributed by atoms with Crippen molar-refractivity contribution >= 4 is 0 Å². The number of hydrogen-bond acceptors (Lipinski definition) is 3. The van der Waals surface area contributed by atoms with E-state index in [4.69, 9.17) is 4.74 Å². The molecule has 0 saturated heterocycles. The predicted octanol–water partition coefficient (Wildman–Crippen LogP) is 2.91. The fourth-order valence-electron chi connectivity index (χ4n) is 1.93. The van der Waals surface area contributed by atoms with E-state index in [0.717, 1.165) is 51.5 Å². The molecule has 1 rings (SSSR count). The van der Waals surface area contributed by atoms with Crippen molar-refractivity contribution < 1.29 is 4.74 Å². The van der Waals surface area contributed by atoms with E-state index in [1.54, 1.807) is 0 Å². The Balaban J connectivity index is 2.22. The summed E-state index contributed by atoms with van der Waals surface area (Å²) in [5.74, 6) is 0.966. The Morgan fingerprint density at radius 2 is 1.74 bits per heavy atom. The summed E-state index contributed by atoms with van der Waals surface area (Å²) >= 11 is 0. The van der Waals surface area contributed by atoms with Crippen LogP contribution in [0.25, 0.3) is 0 Å². The molecular formula is C16H28N2O. The van der Waals surface area contributed by atoms with Crippen molar-refractivity contribution in [1.82, 2.24) is 10.2 Å². The number of likely N-dealkylation sites (N-methyl/N-ethyl adjacent to an activating group) is 1. The van der Waals surface area contributed by atoms with E-state index >= 15 is 0 Å². The standard InChI is InChI=1S/C16H28N2O/c1-4-13-19-16-9-7-15(8-10-16)14-17-11-12-18(5-2)6-3/h7-10,17H,4-6,11-14H2,1-3H3. The van der Waals surface area contributed by atoms with Crippen LogP contribution in [-0.4, -0.2) is 37.7 Å². The molecule has 0 aliphatic heterocycles. The number of ether oxygens (including phenoxy) is 1. The smallest absolute Gasteiger partial charge is 0.119 e. The molecular weight excluding hydrogens is 236 g/mol. The van der Waals surface area contributed by atoms with Crippen LogP contribution in [-0.2, 0) is 6.54 Å². The van der Waals surface area contributed by atoms with E-state index in [1.165, 1.54) is 5.56 Å². The van der Waals surface area contributed by atoms with Gasteiger partial charge in [0, 0.05) is 19.6 Å². The van der Waals surface area contributed by atoms with Crippen molar-refractivity contribution in [3.05, 3.63) is 29.8 Å². The molecule has 0 saturated carbocycles. The first-order chi connectivity index (χ1) is 9.30. The molecule has 0 aliphatic rings. The molecule has 0 fully saturated rings. The third-order valence-electron chi connectivity index (χ3n) is 3.22. The monoisotopic (exact) mass is 264 g/mol. The van der Waals surface area contributed by atoms with Crippen LogP contribution < -0.4 is 10.1 Å². The molecule has 19 heavy (non-hydrogen) atoms. The molecule has 0 aliphatic carbocycles. The minimum atomic E-state index is 0.793. The van der Waals surface area contributed by atoms with E-state index in [9.17, 15) is 0 Å². The Morgan fingerprint density at radius 1 is 1.05 bits per heavy atom. The van der Waals surface area contributed by atoms with Crippen molar-refractivity contribution in [3.63, 3.8) is 0 Å². The van der Waals surface area contributed by atoms with Gasteiger partial charge < -0.3 is 15.0 Å². The Bertz CT molecular complexity index is 320. The minimum Gasteiger partial charge on any atom is -0.494 e. The molecule has 0 atom stereocenters. The van der Waals surface area contributed by atoms with Gasteiger partial charge in [0.2, 0.25) is 0 Å². The van der Waals surface area contributed by atoms with Crippen LogP contribution in [0.2, 0.25) is 0 Å². The Morgan fingerprint density at radius 3 is 2.32 bits per heavy atom. The van der Waals surface area contributed by atoms with Gasteiger partial charge in [0.1, 0.15) is 5.75 Å². The average molecular weight is 264 g/mol. The first-order valence-corrected chi connectivity index (χ1v) is 7.44. The van der Waals surface area contributed by atoms with Crippen molar-refractivity contribution in [2.45, 2.75) is 33.7 Å². The maximum absolute atomic E-state index is 5.57. The number of nitrogens with zero attached hydrogens (tertiary/aromatic N) is 1. The molecule has 1 aromatic rings. The van der Waals surface area contributed by atoms with Crippen LogP contribution in [0.5, 0.6) is 5.75 Å². The molecule has 0 amide bonds. The summed E-state index contributed by atoms with van der Waals surface area (Å²) in [5, 5.41) is 3.48. The minimum absolute atomic E-state index is 0.793. The summed E-state index contributed by atoms with van der Waals surface area (Å²) in [6, 6.07) is 8.37. The fraction of sp³-hybridized carbons (Fsp3) is 0.625. The van der Waals surface area contributed by atoms with Gasteiger partial charge in [0.15, 0.2) is 0 Å². The number of benzene rings is 1. The van der Waals surface area contributed by atoms with Gasteiger partial charge in [-0.3, -0.25) is 0 Å². The summed E-state index contributed by atoms with van der Waals surface area (Å²) in [5.41, 5.74) is 1.31. The molecule has 1 N–H and O–H groups in total. The summed E-state index contributed by atoms with van der Waals surface area (Å²) < 4.78 is 5.57. The second kappa shape index (κ2) is 9.82. The van der Waals surface area contributed by atoms with Gasteiger partial charge >= 0.3 is 0 Å². The van der Waals surface area contributed by atoms with Gasteiger partial charge in [0.25, 0.3) is 0 Å². The Labute approximate surface area is 118 Å². The van der Waals surface area contributed by atoms with Crippen LogP contribution >= 0.6 is 0 Å². The zero-order valence-electron chi connectivity index (χ0n) is 12.6. The van der Waals surface area contributed by atoms with Gasteiger partial charge in [-0.25, -0.2) is 0 Å². The highest BCUT2D eigenvalue weighted by atomic mass is 16.5. The molecule has 1 aromatic carbocycles. The number of rotatable bonds is 10. The first kappa shape index (κ1) is 16.0. The van der Waals surface area contributed by atoms with Crippen LogP contribution in [0.15, 0.2) is 24.3 Å². The Kier molecular flexibility index (Phi) is 8.26. The molecule has 0 heterocycles. The summed E-state index contributed by atoms with van der Waals surface area (Å²) in [7, 11) is 0. The lowest BCUT2D eigenvalue weighted by Crippen LogP contribution is -2.31. The molecule has 0 bridgehead atoms. The molecule has 0 radical (unpaired) electrons. The van der Waals surface area contributed by atoms with Crippen LogP contribution in [0.1, 0.15) is 32.8 Å². The lowest BCUT2D eigenvalue weighted by atomic mass is 10.2. The van der Waals surface area contributed by atoms with Gasteiger partial charge in [-0.15, -0.1) is 0 Å².